The van der Waals surface area contributed by atoms with Gasteiger partial charge in [0.1, 0.15) is 6.04 Å². The van der Waals surface area contributed by atoms with E-state index in [1.807, 2.05) is 0 Å². The van der Waals surface area contributed by atoms with Crippen LogP contribution in [0.25, 0.3) is 0 Å². The Balaban J connectivity index is 1.78. The first kappa shape index (κ1) is 18.8. The average Bonchev–Trinajstić information content (AvgIpc) is 2.57. The van der Waals surface area contributed by atoms with E-state index >= 15 is 0 Å². The van der Waals surface area contributed by atoms with Crippen molar-refractivity contribution in [1.29, 1.82) is 0 Å². The lowest BCUT2D eigenvalue weighted by atomic mass is 9.96. The summed E-state index contributed by atoms with van der Waals surface area (Å²) in [6.45, 7) is 3.13. The molecule has 1 fully saturated rings. The van der Waals surface area contributed by atoms with Crippen LogP contribution < -0.4 is 21.3 Å². The van der Waals surface area contributed by atoms with Crippen LogP contribution in [0.4, 0.5) is 16.2 Å². The molecule has 1 atom stereocenters. The van der Waals surface area contributed by atoms with Gasteiger partial charge in [0.15, 0.2) is 0 Å². The molecule has 1 aliphatic carbocycles. The number of anilines is 2. The van der Waals surface area contributed by atoms with Crippen molar-refractivity contribution >= 4 is 29.2 Å². The fourth-order valence-electron chi connectivity index (χ4n) is 2.86. The third-order valence-electron chi connectivity index (χ3n) is 4.16. The van der Waals surface area contributed by atoms with E-state index in [1.165, 1.54) is 13.3 Å². The molecule has 7 nitrogen and oxygen atoms in total. The number of hydrogen-bond donors (Lipinski definition) is 4. The second kappa shape index (κ2) is 9.05. The topological polar surface area (TPSA) is 99.3 Å². The van der Waals surface area contributed by atoms with E-state index in [0.717, 1.165) is 31.4 Å². The highest BCUT2D eigenvalue weighted by Crippen LogP contribution is 2.17. The van der Waals surface area contributed by atoms with Crippen molar-refractivity contribution in [2.24, 2.45) is 0 Å². The van der Waals surface area contributed by atoms with Crippen LogP contribution in [0.1, 0.15) is 46.0 Å². The maximum absolute atomic E-state index is 12.1. The molecule has 1 aliphatic rings. The lowest BCUT2D eigenvalue weighted by Crippen LogP contribution is -2.49. The van der Waals surface area contributed by atoms with E-state index in [2.05, 4.69) is 21.3 Å². The standard InChI is InChI=1S/C18H26N4O3/c1-12(19-15-8-10-16(11-9-15)20-13(2)23)17(24)22-18(25)21-14-6-4-3-5-7-14/h8-12,14,19H,3-7H2,1-2H3,(H,20,23)(H2,21,22,24,25). The smallest absolute Gasteiger partial charge is 0.321 e. The van der Waals surface area contributed by atoms with Gasteiger partial charge in [-0.05, 0) is 44.0 Å². The van der Waals surface area contributed by atoms with Crippen LogP contribution in [-0.4, -0.2) is 29.9 Å². The monoisotopic (exact) mass is 346 g/mol. The van der Waals surface area contributed by atoms with Crippen LogP contribution >= 0.6 is 0 Å². The fraction of sp³-hybridized carbons (Fsp3) is 0.500. The first-order valence-corrected chi connectivity index (χ1v) is 8.69. The van der Waals surface area contributed by atoms with Gasteiger partial charge in [-0.15, -0.1) is 0 Å². The molecule has 1 aromatic carbocycles. The maximum atomic E-state index is 12.1. The Labute approximate surface area is 147 Å². The molecule has 0 bridgehead atoms. The summed E-state index contributed by atoms with van der Waals surface area (Å²) in [4.78, 5) is 35.0. The number of carbonyl (C=O) groups is 3. The van der Waals surface area contributed by atoms with Crippen molar-refractivity contribution in [3.63, 3.8) is 0 Å². The highest BCUT2D eigenvalue weighted by Gasteiger charge is 2.19. The molecule has 2 rings (SSSR count). The first-order valence-electron chi connectivity index (χ1n) is 8.69. The molecule has 1 saturated carbocycles. The normalized spacial score (nSPS) is 15.8. The van der Waals surface area contributed by atoms with Gasteiger partial charge in [0.25, 0.3) is 0 Å². The lowest BCUT2D eigenvalue weighted by Gasteiger charge is -2.23. The number of rotatable bonds is 5. The van der Waals surface area contributed by atoms with Gasteiger partial charge >= 0.3 is 6.03 Å². The second-order valence-corrected chi connectivity index (χ2v) is 6.42. The number of hydrogen-bond acceptors (Lipinski definition) is 4. The summed E-state index contributed by atoms with van der Waals surface area (Å²) in [5.74, 6) is -0.531. The van der Waals surface area contributed by atoms with Crippen LogP contribution in [-0.2, 0) is 9.59 Å². The van der Waals surface area contributed by atoms with Crippen molar-refractivity contribution in [2.75, 3.05) is 10.6 Å². The molecule has 1 aromatic rings. The van der Waals surface area contributed by atoms with Crippen LogP contribution in [0, 0.1) is 0 Å². The Morgan fingerprint density at radius 3 is 2.20 bits per heavy atom. The fourth-order valence-corrected chi connectivity index (χ4v) is 2.86. The number of nitrogens with one attached hydrogen (secondary N) is 4. The molecule has 4 amide bonds. The molecule has 136 valence electrons. The van der Waals surface area contributed by atoms with E-state index in [-0.39, 0.29) is 17.9 Å². The molecule has 0 radical (unpaired) electrons. The van der Waals surface area contributed by atoms with Gasteiger partial charge in [0.05, 0.1) is 0 Å². The van der Waals surface area contributed by atoms with E-state index in [1.54, 1.807) is 31.2 Å². The van der Waals surface area contributed by atoms with E-state index < -0.39 is 12.1 Å². The second-order valence-electron chi connectivity index (χ2n) is 6.42. The molecule has 0 heterocycles. The summed E-state index contributed by atoms with van der Waals surface area (Å²) in [6, 6.07) is 6.16. The summed E-state index contributed by atoms with van der Waals surface area (Å²) >= 11 is 0. The molecule has 7 heteroatoms. The van der Waals surface area contributed by atoms with Crippen LogP contribution in [0.3, 0.4) is 0 Å². The zero-order chi connectivity index (χ0) is 18.2. The largest absolute Gasteiger partial charge is 0.374 e. The third-order valence-corrected chi connectivity index (χ3v) is 4.16. The van der Waals surface area contributed by atoms with Crippen molar-refractivity contribution < 1.29 is 14.4 Å². The van der Waals surface area contributed by atoms with E-state index in [9.17, 15) is 14.4 Å². The summed E-state index contributed by atoms with van der Waals surface area (Å²) in [6.07, 6.45) is 5.38. The maximum Gasteiger partial charge on any atom is 0.321 e. The SMILES string of the molecule is CC(=O)Nc1ccc(NC(C)C(=O)NC(=O)NC2CCCCC2)cc1. The number of carbonyl (C=O) groups excluding carboxylic acids is 3. The van der Waals surface area contributed by atoms with Gasteiger partial charge in [-0.2, -0.15) is 0 Å². The number of imide groups is 1. The van der Waals surface area contributed by atoms with Crippen LogP contribution in [0.15, 0.2) is 24.3 Å². The Morgan fingerprint density at radius 2 is 1.60 bits per heavy atom. The van der Waals surface area contributed by atoms with Gasteiger partial charge in [-0.1, -0.05) is 19.3 Å². The Kier molecular flexibility index (Phi) is 6.80. The van der Waals surface area contributed by atoms with Gasteiger partial charge in [0, 0.05) is 24.3 Å². The minimum atomic E-state index is -0.566. The van der Waals surface area contributed by atoms with Gasteiger partial charge in [-0.25, -0.2) is 4.79 Å². The predicted molar refractivity (Wildman–Crippen MR) is 97.4 cm³/mol. The van der Waals surface area contributed by atoms with Crippen LogP contribution in [0.2, 0.25) is 0 Å². The van der Waals surface area contributed by atoms with E-state index in [0.29, 0.717) is 5.69 Å². The van der Waals surface area contributed by atoms with Gasteiger partial charge < -0.3 is 16.0 Å². The minimum Gasteiger partial charge on any atom is -0.374 e. The first-order chi connectivity index (χ1) is 11.9. The highest BCUT2D eigenvalue weighted by atomic mass is 16.2. The van der Waals surface area contributed by atoms with Crippen molar-refractivity contribution in [1.82, 2.24) is 10.6 Å². The van der Waals surface area contributed by atoms with Crippen molar-refractivity contribution in [2.45, 2.75) is 58.0 Å². The predicted octanol–water partition coefficient (Wildman–Crippen LogP) is 2.60. The molecule has 0 aromatic heterocycles. The Hall–Kier alpha value is -2.57. The minimum absolute atomic E-state index is 0.141. The quantitative estimate of drug-likeness (QED) is 0.658. The molecular formula is C18H26N4O3. The summed E-state index contributed by atoms with van der Waals surface area (Å²) < 4.78 is 0. The van der Waals surface area contributed by atoms with E-state index in [4.69, 9.17) is 0 Å². The Bertz CT molecular complexity index is 609. The lowest BCUT2D eigenvalue weighted by molar-refractivity contribution is -0.120. The van der Waals surface area contributed by atoms with Crippen molar-refractivity contribution in [3.8, 4) is 0 Å². The highest BCUT2D eigenvalue weighted by molar-refractivity contribution is 5.98. The van der Waals surface area contributed by atoms with Crippen molar-refractivity contribution in [3.05, 3.63) is 24.3 Å². The van der Waals surface area contributed by atoms with Crippen LogP contribution in [0.5, 0.6) is 0 Å². The molecule has 0 saturated heterocycles. The zero-order valence-corrected chi connectivity index (χ0v) is 14.7. The number of urea groups is 1. The molecular weight excluding hydrogens is 320 g/mol. The Morgan fingerprint density at radius 1 is 1.00 bits per heavy atom. The molecule has 25 heavy (non-hydrogen) atoms. The summed E-state index contributed by atoms with van der Waals surface area (Å²) in [7, 11) is 0. The molecule has 4 N–H and O–H groups in total. The molecule has 1 unspecified atom stereocenters. The third kappa shape index (κ3) is 6.45. The average molecular weight is 346 g/mol. The summed E-state index contributed by atoms with van der Waals surface area (Å²) in [5, 5.41) is 10.9. The molecule has 0 aliphatic heterocycles. The summed E-state index contributed by atoms with van der Waals surface area (Å²) in [5.41, 5.74) is 1.41. The zero-order valence-electron chi connectivity index (χ0n) is 14.7. The number of amides is 4. The molecule has 0 spiro atoms. The van der Waals surface area contributed by atoms with Gasteiger partial charge in [-0.3, -0.25) is 14.9 Å². The van der Waals surface area contributed by atoms with Gasteiger partial charge in [0.2, 0.25) is 11.8 Å². The number of benzene rings is 1.